The number of carbonyl (C=O) groups excluding carboxylic acids is 2. The quantitative estimate of drug-likeness (QED) is 0.646. The van der Waals surface area contributed by atoms with E-state index < -0.39 is 0 Å². The van der Waals surface area contributed by atoms with Gasteiger partial charge in [0.2, 0.25) is 0 Å². The lowest BCUT2D eigenvalue weighted by Gasteiger charge is -2.29. The molecule has 1 aliphatic rings. The van der Waals surface area contributed by atoms with Crippen molar-refractivity contribution in [1.29, 1.82) is 0 Å². The van der Waals surface area contributed by atoms with Crippen LogP contribution in [0.5, 0.6) is 0 Å². The van der Waals surface area contributed by atoms with Crippen molar-refractivity contribution in [3.05, 3.63) is 30.3 Å². The van der Waals surface area contributed by atoms with Crippen LogP contribution in [-0.2, 0) is 14.3 Å². The number of carbonyl (C=O) groups is 2. The van der Waals surface area contributed by atoms with E-state index in [0.29, 0.717) is 5.92 Å². The van der Waals surface area contributed by atoms with Gasteiger partial charge in [0.25, 0.3) is 5.91 Å². The summed E-state index contributed by atoms with van der Waals surface area (Å²) in [5, 5.41) is 2.97. The molecule has 0 heterocycles. The van der Waals surface area contributed by atoms with Crippen molar-refractivity contribution in [3.63, 3.8) is 0 Å². The van der Waals surface area contributed by atoms with Crippen molar-refractivity contribution >= 4 is 23.6 Å². The fourth-order valence-electron chi connectivity index (χ4n) is 2.63. The number of benzene rings is 1. The lowest BCUT2D eigenvalue weighted by Crippen LogP contribution is -2.43. The molecule has 0 bridgehead atoms. The van der Waals surface area contributed by atoms with Crippen LogP contribution in [0.15, 0.2) is 35.2 Å². The smallest absolute Gasteiger partial charge is 0.316 e. The monoisotopic (exact) mass is 321 g/mol. The molecule has 1 fully saturated rings. The first kappa shape index (κ1) is 16.9. The van der Waals surface area contributed by atoms with Crippen LogP contribution in [0.4, 0.5) is 0 Å². The minimum absolute atomic E-state index is 0.183. The number of hydrogen-bond acceptors (Lipinski definition) is 4. The van der Waals surface area contributed by atoms with Crippen LogP contribution < -0.4 is 5.32 Å². The maximum absolute atomic E-state index is 11.8. The zero-order valence-electron chi connectivity index (χ0n) is 12.9. The molecule has 1 aliphatic carbocycles. The Hall–Kier alpha value is -1.49. The Morgan fingerprint density at radius 2 is 1.95 bits per heavy atom. The molecular weight excluding hydrogens is 298 g/mol. The minimum atomic E-state index is -0.360. The molecule has 22 heavy (non-hydrogen) atoms. The summed E-state index contributed by atoms with van der Waals surface area (Å²) in [5.41, 5.74) is 0. The van der Waals surface area contributed by atoms with Crippen molar-refractivity contribution in [2.75, 3.05) is 12.4 Å². The largest absolute Gasteiger partial charge is 0.455 e. The molecule has 1 aromatic rings. The third kappa shape index (κ3) is 5.72. The summed E-state index contributed by atoms with van der Waals surface area (Å²) >= 11 is 1.41. The Morgan fingerprint density at radius 1 is 1.23 bits per heavy atom. The van der Waals surface area contributed by atoms with Crippen LogP contribution in [0.3, 0.4) is 0 Å². The number of ether oxygens (including phenoxy) is 1. The Bertz CT molecular complexity index is 492. The molecule has 0 spiro atoms. The molecule has 1 aromatic carbocycles. The summed E-state index contributed by atoms with van der Waals surface area (Å²) in [5.74, 6) is 0.163. The first-order chi connectivity index (χ1) is 10.6. The molecule has 2 atom stereocenters. The molecule has 120 valence electrons. The predicted molar refractivity (Wildman–Crippen MR) is 87.7 cm³/mol. The van der Waals surface area contributed by atoms with Gasteiger partial charge in [-0.05, 0) is 30.9 Å². The van der Waals surface area contributed by atoms with E-state index in [9.17, 15) is 9.59 Å². The molecule has 0 aromatic heterocycles. The fourth-order valence-corrected chi connectivity index (χ4v) is 3.34. The molecule has 1 amide bonds. The van der Waals surface area contributed by atoms with Gasteiger partial charge in [0, 0.05) is 10.9 Å². The molecule has 0 radical (unpaired) electrons. The van der Waals surface area contributed by atoms with Gasteiger partial charge in [0.1, 0.15) is 0 Å². The summed E-state index contributed by atoms with van der Waals surface area (Å²) in [6.45, 7) is 1.98. The molecule has 0 aliphatic heterocycles. The van der Waals surface area contributed by atoms with E-state index in [1.54, 1.807) is 0 Å². The first-order valence-electron chi connectivity index (χ1n) is 7.78. The number of nitrogens with one attached hydrogen (secondary N) is 1. The van der Waals surface area contributed by atoms with Gasteiger partial charge in [-0.1, -0.05) is 38.0 Å². The second kappa shape index (κ2) is 8.83. The molecule has 1 N–H and O–H groups in total. The fraction of sp³-hybridized carbons (Fsp3) is 0.529. The maximum Gasteiger partial charge on any atom is 0.316 e. The third-order valence-electron chi connectivity index (χ3n) is 3.92. The molecule has 5 heteroatoms. The minimum Gasteiger partial charge on any atom is -0.455 e. The first-order valence-corrected chi connectivity index (χ1v) is 8.76. The molecule has 2 rings (SSSR count). The van der Waals surface area contributed by atoms with Crippen molar-refractivity contribution < 1.29 is 14.3 Å². The second-order valence-electron chi connectivity index (χ2n) is 5.70. The van der Waals surface area contributed by atoms with Crippen molar-refractivity contribution in [2.45, 2.75) is 43.5 Å². The Labute approximate surface area is 136 Å². The SMILES string of the molecule is C[C@@H]1CCCC[C@H]1NC(=O)COC(=O)CSc1ccccc1. The van der Waals surface area contributed by atoms with Crippen molar-refractivity contribution in [2.24, 2.45) is 5.92 Å². The lowest BCUT2D eigenvalue weighted by molar-refractivity contribution is -0.146. The van der Waals surface area contributed by atoms with E-state index in [1.165, 1.54) is 18.2 Å². The average molecular weight is 321 g/mol. The van der Waals surface area contributed by atoms with Crippen molar-refractivity contribution in [1.82, 2.24) is 5.32 Å². The summed E-state index contributed by atoms with van der Waals surface area (Å²) < 4.78 is 5.03. The highest BCUT2D eigenvalue weighted by molar-refractivity contribution is 8.00. The number of thioether (sulfide) groups is 1. The predicted octanol–water partition coefficient (Wildman–Crippen LogP) is 3.02. The van der Waals surface area contributed by atoms with E-state index >= 15 is 0 Å². The van der Waals surface area contributed by atoms with Gasteiger partial charge in [0.15, 0.2) is 6.61 Å². The van der Waals surface area contributed by atoms with Crippen molar-refractivity contribution in [3.8, 4) is 0 Å². The Kier molecular flexibility index (Phi) is 6.77. The van der Waals surface area contributed by atoms with Crippen LogP contribution in [0.25, 0.3) is 0 Å². The summed E-state index contributed by atoms with van der Waals surface area (Å²) in [6, 6.07) is 9.88. The van der Waals surface area contributed by atoms with Gasteiger partial charge in [0.05, 0.1) is 5.75 Å². The van der Waals surface area contributed by atoms with E-state index in [2.05, 4.69) is 12.2 Å². The van der Waals surface area contributed by atoms with Crippen LogP contribution in [-0.4, -0.2) is 30.3 Å². The average Bonchev–Trinajstić information content (AvgIpc) is 2.54. The zero-order valence-corrected chi connectivity index (χ0v) is 13.7. The van der Waals surface area contributed by atoms with Gasteiger partial charge >= 0.3 is 5.97 Å². The third-order valence-corrected chi connectivity index (χ3v) is 4.91. The number of esters is 1. The van der Waals surface area contributed by atoms with Crippen LogP contribution in [0.2, 0.25) is 0 Å². The molecule has 4 nitrogen and oxygen atoms in total. The van der Waals surface area contributed by atoms with E-state index in [0.717, 1.165) is 24.2 Å². The van der Waals surface area contributed by atoms with Gasteiger partial charge in [-0.25, -0.2) is 0 Å². The van der Waals surface area contributed by atoms with Gasteiger partial charge < -0.3 is 10.1 Å². The van der Waals surface area contributed by atoms with Gasteiger partial charge in [-0.15, -0.1) is 11.8 Å². The Balaban J connectivity index is 1.64. The standard InChI is InChI=1S/C17H23NO3S/c1-13-7-5-6-10-15(13)18-16(19)11-21-17(20)12-22-14-8-3-2-4-9-14/h2-4,8-9,13,15H,5-7,10-12H2,1H3,(H,18,19)/t13-,15-/m1/s1. The number of amides is 1. The highest BCUT2D eigenvalue weighted by Gasteiger charge is 2.23. The summed E-state index contributed by atoms with van der Waals surface area (Å²) in [7, 11) is 0. The topological polar surface area (TPSA) is 55.4 Å². The van der Waals surface area contributed by atoms with Crippen LogP contribution in [0.1, 0.15) is 32.6 Å². The Morgan fingerprint density at radius 3 is 2.68 bits per heavy atom. The van der Waals surface area contributed by atoms with Gasteiger partial charge in [-0.2, -0.15) is 0 Å². The van der Waals surface area contributed by atoms with E-state index in [4.69, 9.17) is 4.74 Å². The highest BCUT2D eigenvalue weighted by Crippen LogP contribution is 2.23. The highest BCUT2D eigenvalue weighted by atomic mass is 32.2. The van der Waals surface area contributed by atoms with Crippen LogP contribution in [0, 0.1) is 5.92 Å². The van der Waals surface area contributed by atoms with E-state index in [1.807, 2.05) is 30.3 Å². The summed E-state index contributed by atoms with van der Waals surface area (Å²) in [6.07, 6.45) is 4.56. The molecular formula is C17H23NO3S. The van der Waals surface area contributed by atoms with E-state index in [-0.39, 0.29) is 30.3 Å². The van der Waals surface area contributed by atoms with Crippen LogP contribution >= 0.6 is 11.8 Å². The normalized spacial score (nSPS) is 21.1. The number of rotatable bonds is 6. The zero-order chi connectivity index (χ0) is 15.8. The number of hydrogen-bond donors (Lipinski definition) is 1. The molecule has 0 saturated heterocycles. The van der Waals surface area contributed by atoms with Gasteiger partial charge in [-0.3, -0.25) is 9.59 Å². The lowest BCUT2D eigenvalue weighted by atomic mass is 9.86. The summed E-state index contributed by atoms with van der Waals surface area (Å²) in [4.78, 5) is 24.5. The molecule has 1 saturated carbocycles. The molecule has 0 unspecified atom stereocenters. The maximum atomic E-state index is 11.8. The second-order valence-corrected chi connectivity index (χ2v) is 6.75.